The fourth-order valence-electron chi connectivity index (χ4n) is 2.78. The van der Waals surface area contributed by atoms with Crippen LogP contribution in [0.25, 0.3) is 21.8 Å². The molecule has 0 fully saturated rings. The van der Waals surface area contributed by atoms with Crippen molar-refractivity contribution in [1.29, 1.82) is 0 Å². The van der Waals surface area contributed by atoms with Gasteiger partial charge in [0.05, 0.1) is 23.8 Å². The Hall–Kier alpha value is -2.00. The van der Waals surface area contributed by atoms with Crippen LogP contribution in [0.3, 0.4) is 0 Å². The number of anilines is 1. The predicted molar refractivity (Wildman–Crippen MR) is 103 cm³/mol. The van der Waals surface area contributed by atoms with E-state index in [9.17, 15) is 0 Å². The lowest BCUT2D eigenvalue weighted by atomic mass is 9.92. The number of nitrogens with one attached hydrogen (secondary N) is 1. The van der Waals surface area contributed by atoms with Crippen LogP contribution in [0.4, 0.5) is 5.69 Å². The van der Waals surface area contributed by atoms with Gasteiger partial charge in [-0.05, 0) is 48.2 Å². The number of rotatable bonds is 4. The molecule has 0 aliphatic heterocycles. The molecule has 2 aromatic carbocycles. The number of hydrogen-bond acceptors (Lipinski definition) is 3. The summed E-state index contributed by atoms with van der Waals surface area (Å²) in [6, 6.07) is 11.8. The third kappa shape index (κ3) is 3.57. The minimum atomic E-state index is 0.284. The molecule has 0 spiro atoms. The quantitative estimate of drug-likeness (QED) is 0.599. The first-order chi connectivity index (χ1) is 11.4. The molecule has 0 aliphatic carbocycles. The van der Waals surface area contributed by atoms with Crippen molar-refractivity contribution >= 4 is 39.1 Å². The van der Waals surface area contributed by atoms with Crippen LogP contribution in [-0.2, 0) is 0 Å². The van der Waals surface area contributed by atoms with E-state index in [1.54, 1.807) is 7.11 Å². The van der Waals surface area contributed by atoms with Crippen molar-refractivity contribution in [3.05, 3.63) is 41.4 Å². The van der Waals surface area contributed by atoms with Crippen LogP contribution in [0.5, 0.6) is 5.75 Å². The van der Waals surface area contributed by atoms with Gasteiger partial charge in [0.15, 0.2) is 0 Å². The van der Waals surface area contributed by atoms with E-state index in [4.69, 9.17) is 21.3 Å². The number of methoxy groups -OCH3 is 1. The van der Waals surface area contributed by atoms with Crippen LogP contribution in [0, 0.1) is 5.41 Å². The first kappa shape index (κ1) is 16.8. The Morgan fingerprint density at radius 2 is 1.83 bits per heavy atom. The molecule has 1 heterocycles. The maximum atomic E-state index is 6.15. The maximum absolute atomic E-state index is 6.15. The second kappa shape index (κ2) is 6.48. The first-order valence-corrected chi connectivity index (χ1v) is 8.56. The van der Waals surface area contributed by atoms with Gasteiger partial charge in [-0.1, -0.05) is 32.4 Å². The number of halogens is 1. The van der Waals surface area contributed by atoms with Crippen LogP contribution in [0.15, 0.2) is 36.4 Å². The monoisotopic (exact) mass is 342 g/mol. The standard InChI is InChI=1S/C20H23ClN2O/c1-20(2,3)9-10-22-19-15-7-5-13(21)11-18(15)23-17-8-6-14(24-4)12-16(17)19/h5-8,11-12H,9-10H2,1-4H3,(H,22,23). The van der Waals surface area contributed by atoms with Gasteiger partial charge in [0.1, 0.15) is 5.75 Å². The van der Waals surface area contributed by atoms with Crippen LogP contribution >= 0.6 is 11.6 Å². The normalized spacial score (nSPS) is 11.9. The summed E-state index contributed by atoms with van der Waals surface area (Å²) in [5, 5.41) is 6.46. The predicted octanol–water partition coefficient (Wildman–Crippen LogP) is 5.90. The van der Waals surface area contributed by atoms with E-state index in [1.165, 1.54) is 0 Å². The SMILES string of the molecule is COc1ccc2nc3cc(Cl)ccc3c(NCCC(C)(C)C)c2c1. The highest BCUT2D eigenvalue weighted by Crippen LogP contribution is 2.34. The molecule has 3 aromatic rings. The van der Waals surface area contributed by atoms with E-state index >= 15 is 0 Å². The summed E-state index contributed by atoms with van der Waals surface area (Å²) in [6.07, 6.45) is 1.08. The highest BCUT2D eigenvalue weighted by atomic mass is 35.5. The van der Waals surface area contributed by atoms with Gasteiger partial charge in [0.25, 0.3) is 0 Å². The molecular formula is C20H23ClN2O. The first-order valence-electron chi connectivity index (χ1n) is 8.18. The van der Waals surface area contributed by atoms with Gasteiger partial charge in [-0.25, -0.2) is 4.98 Å². The zero-order valence-electron chi connectivity index (χ0n) is 14.6. The lowest BCUT2D eigenvalue weighted by Crippen LogP contribution is -2.13. The van der Waals surface area contributed by atoms with E-state index in [0.29, 0.717) is 5.02 Å². The summed E-state index contributed by atoms with van der Waals surface area (Å²) in [6.45, 7) is 7.65. The Morgan fingerprint density at radius 1 is 1.04 bits per heavy atom. The number of nitrogens with zero attached hydrogens (tertiary/aromatic N) is 1. The van der Waals surface area contributed by atoms with Crippen molar-refractivity contribution < 1.29 is 4.74 Å². The lowest BCUT2D eigenvalue weighted by Gasteiger charge is -2.20. The number of pyridine rings is 1. The van der Waals surface area contributed by atoms with Crippen molar-refractivity contribution in [3.8, 4) is 5.75 Å². The van der Waals surface area contributed by atoms with Crippen molar-refractivity contribution in [2.24, 2.45) is 5.41 Å². The summed E-state index contributed by atoms with van der Waals surface area (Å²) in [5.74, 6) is 0.830. The van der Waals surface area contributed by atoms with Gasteiger partial charge in [0, 0.05) is 22.3 Å². The summed E-state index contributed by atoms with van der Waals surface area (Å²) >= 11 is 6.15. The van der Waals surface area contributed by atoms with E-state index < -0.39 is 0 Å². The summed E-state index contributed by atoms with van der Waals surface area (Å²) in [5.41, 5.74) is 3.21. The molecule has 0 saturated carbocycles. The molecule has 3 rings (SSSR count). The van der Waals surface area contributed by atoms with Gasteiger partial charge >= 0.3 is 0 Å². The Bertz CT molecular complexity index is 884. The van der Waals surface area contributed by atoms with Crippen molar-refractivity contribution in [3.63, 3.8) is 0 Å². The molecule has 0 saturated heterocycles. The molecule has 4 heteroatoms. The molecule has 0 atom stereocenters. The Balaban J connectivity index is 2.15. The topological polar surface area (TPSA) is 34.1 Å². The van der Waals surface area contributed by atoms with Gasteiger partial charge in [0.2, 0.25) is 0 Å². The average Bonchev–Trinajstić information content (AvgIpc) is 2.52. The number of fused-ring (bicyclic) bond motifs is 2. The van der Waals surface area contributed by atoms with E-state index in [1.807, 2.05) is 36.4 Å². The molecule has 0 radical (unpaired) electrons. The van der Waals surface area contributed by atoms with Crippen LogP contribution < -0.4 is 10.1 Å². The summed E-state index contributed by atoms with van der Waals surface area (Å²) in [7, 11) is 1.68. The molecule has 1 N–H and O–H groups in total. The Morgan fingerprint density at radius 3 is 2.54 bits per heavy atom. The average molecular weight is 343 g/mol. The summed E-state index contributed by atoms with van der Waals surface area (Å²) < 4.78 is 5.39. The van der Waals surface area contributed by atoms with Crippen LogP contribution in [0.2, 0.25) is 5.02 Å². The molecule has 1 aromatic heterocycles. The van der Waals surface area contributed by atoms with Crippen molar-refractivity contribution in [2.45, 2.75) is 27.2 Å². The fourth-order valence-corrected chi connectivity index (χ4v) is 2.94. The smallest absolute Gasteiger partial charge is 0.119 e. The summed E-state index contributed by atoms with van der Waals surface area (Å²) in [4.78, 5) is 4.75. The molecule has 24 heavy (non-hydrogen) atoms. The minimum Gasteiger partial charge on any atom is -0.497 e. The van der Waals surface area contributed by atoms with E-state index in [-0.39, 0.29) is 5.41 Å². The van der Waals surface area contributed by atoms with Crippen molar-refractivity contribution in [2.75, 3.05) is 19.0 Å². The molecule has 0 aliphatic rings. The highest BCUT2D eigenvalue weighted by Gasteiger charge is 2.13. The number of aromatic nitrogens is 1. The van der Waals surface area contributed by atoms with E-state index in [0.717, 1.165) is 46.2 Å². The largest absolute Gasteiger partial charge is 0.497 e. The van der Waals surface area contributed by atoms with Gasteiger partial charge in [-0.15, -0.1) is 0 Å². The molecular weight excluding hydrogens is 320 g/mol. The molecule has 3 nitrogen and oxygen atoms in total. The zero-order chi connectivity index (χ0) is 17.3. The van der Waals surface area contributed by atoms with Gasteiger partial charge in [-0.3, -0.25) is 0 Å². The molecule has 0 amide bonds. The Labute approximate surface area is 148 Å². The second-order valence-corrected chi connectivity index (χ2v) is 7.71. The number of hydrogen-bond donors (Lipinski definition) is 1. The van der Waals surface area contributed by atoms with Gasteiger partial charge in [-0.2, -0.15) is 0 Å². The number of benzene rings is 2. The lowest BCUT2D eigenvalue weighted by molar-refractivity contribution is 0.390. The second-order valence-electron chi connectivity index (χ2n) is 7.27. The zero-order valence-corrected chi connectivity index (χ0v) is 15.4. The third-order valence-corrected chi connectivity index (χ3v) is 4.35. The highest BCUT2D eigenvalue weighted by molar-refractivity contribution is 6.31. The van der Waals surface area contributed by atoms with Crippen LogP contribution in [0.1, 0.15) is 27.2 Å². The van der Waals surface area contributed by atoms with E-state index in [2.05, 4.69) is 26.1 Å². The molecule has 126 valence electrons. The molecule has 0 bridgehead atoms. The van der Waals surface area contributed by atoms with Crippen molar-refractivity contribution in [1.82, 2.24) is 4.98 Å². The fraction of sp³-hybridized carbons (Fsp3) is 0.350. The Kier molecular flexibility index (Phi) is 4.55. The number of ether oxygens (including phenoxy) is 1. The minimum absolute atomic E-state index is 0.284. The molecule has 0 unspecified atom stereocenters. The van der Waals surface area contributed by atoms with Gasteiger partial charge < -0.3 is 10.1 Å². The maximum Gasteiger partial charge on any atom is 0.119 e. The van der Waals surface area contributed by atoms with Crippen LogP contribution in [-0.4, -0.2) is 18.6 Å². The third-order valence-electron chi connectivity index (χ3n) is 4.12.